The molecule has 0 aliphatic rings. The Morgan fingerprint density at radius 1 is 1.13 bits per heavy atom. The molecule has 0 saturated carbocycles. The zero-order chi connectivity index (χ0) is 21.9. The summed E-state index contributed by atoms with van der Waals surface area (Å²) in [6, 6.07) is 4.70. The number of halogens is 6. The van der Waals surface area contributed by atoms with Crippen molar-refractivity contribution >= 4 is 11.3 Å². The van der Waals surface area contributed by atoms with Crippen LogP contribution in [0, 0.1) is 28.8 Å². The number of hydrogen-bond donors (Lipinski definition) is 2. The molecule has 0 fully saturated rings. The summed E-state index contributed by atoms with van der Waals surface area (Å²) in [7, 11) is 0. The van der Waals surface area contributed by atoms with Gasteiger partial charge in [-0.15, -0.1) is 10.2 Å². The fourth-order valence-electron chi connectivity index (χ4n) is 2.20. The molecule has 0 unspecified atom stereocenters. The minimum atomic E-state index is -4.97. The van der Waals surface area contributed by atoms with Crippen molar-refractivity contribution in [3.63, 3.8) is 0 Å². The van der Waals surface area contributed by atoms with Gasteiger partial charge >= 0.3 is 6.18 Å². The fourth-order valence-corrected chi connectivity index (χ4v) is 2.20. The van der Waals surface area contributed by atoms with E-state index in [0.29, 0.717) is 0 Å². The third-order valence-electron chi connectivity index (χ3n) is 3.56. The number of allylic oxidation sites excluding steroid dienone is 1. The molecule has 154 valence electrons. The molecule has 0 saturated heterocycles. The van der Waals surface area contributed by atoms with E-state index in [1.54, 1.807) is 6.07 Å². The van der Waals surface area contributed by atoms with Crippen LogP contribution >= 0.6 is 0 Å². The molecule has 0 radical (unpaired) electrons. The average Bonchev–Trinajstić information content (AvgIpc) is 3.20. The number of aromatic amines is 1. The van der Waals surface area contributed by atoms with Crippen LogP contribution in [0.25, 0.3) is 5.57 Å². The summed E-state index contributed by atoms with van der Waals surface area (Å²) in [6.07, 6.45) is -3.89. The Morgan fingerprint density at radius 3 is 2.40 bits per heavy atom. The van der Waals surface area contributed by atoms with Crippen LogP contribution in [0.2, 0.25) is 0 Å². The molecule has 0 spiro atoms. The number of H-pyrrole nitrogens is 1. The van der Waals surface area contributed by atoms with Gasteiger partial charge in [-0.1, -0.05) is 0 Å². The van der Waals surface area contributed by atoms with Crippen LogP contribution in [0.1, 0.15) is 11.4 Å². The lowest BCUT2D eigenvalue weighted by molar-refractivity contribution is -0.138. The van der Waals surface area contributed by atoms with E-state index in [1.807, 2.05) is 0 Å². The lowest BCUT2D eigenvalue weighted by Crippen LogP contribution is -2.07. The van der Waals surface area contributed by atoms with Crippen LogP contribution in [0.3, 0.4) is 0 Å². The number of aromatic nitrogens is 4. The van der Waals surface area contributed by atoms with Gasteiger partial charge in [0.05, 0.1) is 11.3 Å². The van der Waals surface area contributed by atoms with E-state index < -0.39 is 40.7 Å². The Bertz CT molecular complexity index is 1110. The Hall–Kier alpha value is -4.08. The number of nitriles is 1. The molecule has 3 rings (SSSR count). The van der Waals surface area contributed by atoms with Crippen LogP contribution in [0.15, 0.2) is 36.5 Å². The highest BCUT2D eigenvalue weighted by Gasteiger charge is 2.33. The Labute approximate surface area is 163 Å². The predicted octanol–water partition coefficient (Wildman–Crippen LogP) is 4.40. The summed E-state index contributed by atoms with van der Waals surface area (Å²) >= 11 is 0. The molecule has 13 heteroatoms. The first-order valence-electron chi connectivity index (χ1n) is 7.83. The third kappa shape index (κ3) is 4.49. The van der Waals surface area contributed by atoms with Gasteiger partial charge < -0.3 is 10.1 Å². The van der Waals surface area contributed by atoms with E-state index in [2.05, 4.69) is 25.9 Å². The van der Waals surface area contributed by atoms with Crippen LogP contribution in [0.5, 0.6) is 11.5 Å². The monoisotopic (exact) mass is 426 g/mol. The van der Waals surface area contributed by atoms with Crippen molar-refractivity contribution < 1.29 is 31.1 Å². The van der Waals surface area contributed by atoms with Crippen molar-refractivity contribution in [2.24, 2.45) is 0 Å². The number of rotatable bonds is 5. The second-order valence-corrected chi connectivity index (χ2v) is 5.56. The number of nitrogens with one attached hydrogen (secondary N) is 2. The average molecular weight is 426 g/mol. The lowest BCUT2D eigenvalue weighted by Gasteiger charge is -2.14. The van der Waals surface area contributed by atoms with E-state index in [9.17, 15) is 26.3 Å². The highest BCUT2D eigenvalue weighted by molar-refractivity contribution is 5.75. The van der Waals surface area contributed by atoms with Gasteiger partial charge in [0.2, 0.25) is 5.82 Å². The summed E-state index contributed by atoms with van der Waals surface area (Å²) in [5, 5.41) is 24.3. The molecule has 0 aliphatic carbocycles. The second-order valence-electron chi connectivity index (χ2n) is 5.56. The quantitative estimate of drug-likeness (QED) is 0.463. The second kappa shape index (κ2) is 8.11. The summed E-state index contributed by atoms with van der Waals surface area (Å²) in [6.45, 7) is 0. The maximum Gasteiger partial charge on any atom is 0.416 e. The largest absolute Gasteiger partial charge is 0.449 e. The SMILES string of the molecule is N#CC(=CNc1ccc(F)cc1Oc1c(F)cc(C(F)(F)F)cc1F)c1nn[nH]n1. The van der Waals surface area contributed by atoms with Crippen molar-refractivity contribution in [2.75, 3.05) is 5.32 Å². The highest BCUT2D eigenvalue weighted by Crippen LogP contribution is 2.37. The summed E-state index contributed by atoms with van der Waals surface area (Å²) in [5.74, 6) is -5.84. The molecule has 1 heterocycles. The molecule has 30 heavy (non-hydrogen) atoms. The van der Waals surface area contributed by atoms with Crippen LogP contribution in [-0.2, 0) is 6.18 Å². The minimum Gasteiger partial charge on any atom is -0.449 e. The van der Waals surface area contributed by atoms with Gasteiger partial charge in [0, 0.05) is 12.3 Å². The number of alkyl halides is 3. The van der Waals surface area contributed by atoms with E-state index in [-0.39, 0.29) is 29.2 Å². The molecule has 1 aromatic heterocycles. The van der Waals surface area contributed by atoms with Crippen LogP contribution in [-0.4, -0.2) is 20.6 Å². The topological polar surface area (TPSA) is 99.5 Å². The van der Waals surface area contributed by atoms with E-state index in [4.69, 9.17) is 10.00 Å². The smallest absolute Gasteiger partial charge is 0.416 e. The Morgan fingerprint density at radius 2 is 1.83 bits per heavy atom. The molecule has 0 aliphatic heterocycles. The maximum atomic E-state index is 14.1. The normalized spacial score (nSPS) is 11.8. The molecule has 7 nitrogen and oxygen atoms in total. The zero-order valence-corrected chi connectivity index (χ0v) is 14.4. The number of anilines is 1. The van der Waals surface area contributed by atoms with Gasteiger partial charge in [-0.25, -0.2) is 13.2 Å². The number of ether oxygens (including phenoxy) is 1. The van der Waals surface area contributed by atoms with Crippen molar-refractivity contribution in [2.45, 2.75) is 6.18 Å². The zero-order valence-electron chi connectivity index (χ0n) is 14.4. The van der Waals surface area contributed by atoms with Crippen molar-refractivity contribution in [3.8, 4) is 17.6 Å². The summed E-state index contributed by atoms with van der Waals surface area (Å²) in [5.41, 5.74) is -1.72. The third-order valence-corrected chi connectivity index (χ3v) is 3.56. The van der Waals surface area contributed by atoms with Crippen molar-refractivity contribution in [1.29, 1.82) is 5.26 Å². The Kier molecular flexibility index (Phi) is 5.58. The first-order valence-corrected chi connectivity index (χ1v) is 7.83. The molecule has 2 N–H and O–H groups in total. The molecule has 3 aromatic rings. The van der Waals surface area contributed by atoms with Gasteiger partial charge in [0.1, 0.15) is 17.5 Å². The maximum absolute atomic E-state index is 14.1. The van der Waals surface area contributed by atoms with Gasteiger partial charge in [-0.3, -0.25) is 0 Å². The number of tetrazole rings is 1. The van der Waals surface area contributed by atoms with Crippen LogP contribution < -0.4 is 10.1 Å². The Balaban J connectivity index is 1.95. The number of benzene rings is 2. The van der Waals surface area contributed by atoms with E-state index in [0.717, 1.165) is 24.4 Å². The highest BCUT2D eigenvalue weighted by atomic mass is 19.4. The number of nitrogens with zero attached hydrogens (tertiary/aromatic N) is 4. The van der Waals surface area contributed by atoms with Gasteiger partial charge in [0.25, 0.3) is 0 Å². The molecule has 0 atom stereocenters. The molecule has 2 aromatic carbocycles. The van der Waals surface area contributed by atoms with Crippen LogP contribution in [0.4, 0.5) is 32.0 Å². The molecular formula is C17H8F6N6O. The first kappa shape index (κ1) is 20.6. The standard InChI is InChI=1S/C17H8F6N6O/c18-10-1-2-13(25-7-8(6-24)16-26-28-29-27-16)14(5-10)30-15-11(19)3-9(4-12(15)20)17(21,22)23/h1-5,7,25H,(H,26,27,28,29). The van der Waals surface area contributed by atoms with Crippen molar-refractivity contribution in [3.05, 3.63) is 65.4 Å². The van der Waals surface area contributed by atoms with Gasteiger partial charge in [0.15, 0.2) is 23.1 Å². The lowest BCUT2D eigenvalue weighted by atomic mass is 10.2. The van der Waals surface area contributed by atoms with Gasteiger partial charge in [-0.05, 0) is 29.5 Å². The van der Waals surface area contributed by atoms with Crippen molar-refractivity contribution in [1.82, 2.24) is 20.6 Å². The first-order chi connectivity index (χ1) is 14.2. The predicted molar refractivity (Wildman–Crippen MR) is 89.2 cm³/mol. The van der Waals surface area contributed by atoms with E-state index >= 15 is 0 Å². The van der Waals surface area contributed by atoms with E-state index in [1.165, 1.54) is 0 Å². The number of hydrogen-bond acceptors (Lipinski definition) is 6. The molecule has 0 amide bonds. The minimum absolute atomic E-state index is 0.0503. The summed E-state index contributed by atoms with van der Waals surface area (Å²) in [4.78, 5) is 0. The fraction of sp³-hybridized carbons (Fsp3) is 0.0588. The van der Waals surface area contributed by atoms with Gasteiger partial charge in [-0.2, -0.15) is 23.6 Å². The summed E-state index contributed by atoms with van der Waals surface area (Å²) < 4.78 is 84.7. The molecular weight excluding hydrogens is 418 g/mol. The molecule has 0 bridgehead atoms.